The molecule has 0 fully saturated rings. The van der Waals surface area contributed by atoms with Crippen molar-refractivity contribution < 1.29 is 9.53 Å². The normalized spacial score (nSPS) is 10.4. The molecule has 2 aromatic heterocycles. The van der Waals surface area contributed by atoms with Crippen LogP contribution in [-0.2, 0) is 11.3 Å². The van der Waals surface area contributed by atoms with Crippen LogP contribution in [0, 0.1) is 0 Å². The van der Waals surface area contributed by atoms with Gasteiger partial charge in [-0.15, -0.1) is 0 Å². The molecule has 0 radical (unpaired) electrons. The zero-order valence-corrected chi connectivity index (χ0v) is 10.2. The first-order valence-corrected chi connectivity index (χ1v) is 5.33. The summed E-state index contributed by atoms with van der Waals surface area (Å²) in [5, 5.41) is 4.00. The number of hydrogen-bond donors (Lipinski definition) is 3. The first kappa shape index (κ1) is 12.9. The molecule has 1 amide bonds. The summed E-state index contributed by atoms with van der Waals surface area (Å²) in [6.45, 7) is 0.229. The van der Waals surface area contributed by atoms with E-state index >= 15 is 0 Å². The summed E-state index contributed by atoms with van der Waals surface area (Å²) in [4.78, 5) is 19.3. The van der Waals surface area contributed by atoms with Crippen molar-refractivity contribution in [3.8, 4) is 5.82 Å². The summed E-state index contributed by atoms with van der Waals surface area (Å²) >= 11 is 0. The number of nitrogens with zero attached hydrogens (tertiary/aromatic N) is 4. The van der Waals surface area contributed by atoms with E-state index in [1.165, 1.54) is 17.9 Å². The average molecular weight is 263 g/mol. The van der Waals surface area contributed by atoms with Gasteiger partial charge in [-0.1, -0.05) is 0 Å². The number of anilines is 1. The van der Waals surface area contributed by atoms with Crippen molar-refractivity contribution in [3.05, 3.63) is 29.8 Å². The molecule has 0 aromatic carbocycles. The second-order valence-electron chi connectivity index (χ2n) is 3.61. The summed E-state index contributed by atoms with van der Waals surface area (Å²) in [5.41, 5.74) is 7.71. The molecule has 100 valence electrons. The Kier molecular flexibility index (Phi) is 3.68. The van der Waals surface area contributed by atoms with E-state index in [1.54, 1.807) is 12.3 Å². The number of hydrogen-bond acceptors (Lipinski definition) is 7. The van der Waals surface area contributed by atoms with E-state index in [1.807, 2.05) is 0 Å². The van der Waals surface area contributed by atoms with E-state index < -0.39 is 5.91 Å². The van der Waals surface area contributed by atoms with Gasteiger partial charge in [-0.05, 0) is 6.07 Å². The number of methoxy groups -OCH3 is 1. The van der Waals surface area contributed by atoms with Crippen LogP contribution in [0.5, 0.6) is 0 Å². The molecule has 2 heterocycles. The standard InChI is InChI=1S/C10H13N7O2/c1-19-5-8-13-7(15-12)4-9(14-8)17-3-2-6(16-17)10(11)18/h2-4H,5,12H2,1H3,(H2,11,18)(H,13,14,15). The Bertz CT molecular complexity index is 595. The van der Waals surface area contributed by atoms with Gasteiger partial charge in [0.05, 0.1) is 0 Å². The minimum absolute atomic E-state index is 0.147. The lowest BCUT2D eigenvalue weighted by molar-refractivity contribution is 0.0995. The molecule has 2 rings (SSSR count). The van der Waals surface area contributed by atoms with Gasteiger partial charge in [0, 0.05) is 19.4 Å². The Hall–Kier alpha value is -2.52. The molecule has 9 nitrogen and oxygen atoms in total. The average Bonchev–Trinajstić information content (AvgIpc) is 2.88. The van der Waals surface area contributed by atoms with Crippen LogP contribution in [0.2, 0.25) is 0 Å². The third kappa shape index (κ3) is 2.84. The zero-order valence-electron chi connectivity index (χ0n) is 10.2. The number of carbonyl (C=O) groups excluding carboxylic acids is 1. The van der Waals surface area contributed by atoms with Crippen LogP contribution in [0.1, 0.15) is 16.3 Å². The fourth-order valence-corrected chi connectivity index (χ4v) is 1.45. The third-order valence-corrected chi connectivity index (χ3v) is 2.26. The SMILES string of the molecule is COCc1nc(NN)cc(-n2ccc(C(N)=O)n2)n1. The lowest BCUT2D eigenvalue weighted by atomic mass is 10.4. The van der Waals surface area contributed by atoms with E-state index in [0.29, 0.717) is 17.5 Å². The van der Waals surface area contributed by atoms with Crippen LogP contribution in [0.4, 0.5) is 5.82 Å². The van der Waals surface area contributed by atoms with Gasteiger partial charge in [-0.25, -0.2) is 20.5 Å². The molecule has 0 aliphatic heterocycles. The minimum Gasteiger partial charge on any atom is -0.377 e. The number of nitrogens with one attached hydrogen (secondary N) is 1. The Morgan fingerprint density at radius 2 is 2.32 bits per heavy atom. The Labute approximate surface area is 108 Å². The van der Waals surface area contributed by atoms with Crippen LogP contribution >= 0.6 is 0 Å². The Balaban J connectivity index is 2.41. The fraction of sp³-hybridized carbons (Fsp3) is 0.200. The van der Waals surface area contributed by atoms with E-state index in [0.717, 1.165) is 0 Å². The second kappa shape index (κ2) is 5.42. The number of primary amides is 1. The molecule has 0 atom stereocenters. The third-order valence-electron chi connectivity index (χ3n) is 2.26. The van der Waals surface area contributed by atoms with Crippen LogP contribution in [0.25, 0.3) is 5.82 Å². The van der Waals surface area contributed by atoms with Gasteiger partial charge < -0.3 is 15.9 Å². The van der Waals surface area contributed by atoms with Crippen LogP contribution in [-0.4, -0.2) is 32.8 Å². The van der Waals surface area contributed by atoms with Gasteiger partial charge in [-0.3, -0.25) is 4.79 Å². The van der Waals surface area contributed by atoms with Crippen LogP contribution in [0.3, 0.4) is 0 Å². The van der Waals surface area contributed by atoms with Crippen LogP contribution in [0.15, 0.2) is 18.3 Å². The van der Waals surface area contributed by atoms with Crippen molar-refractivity contribution in [1.29, 1.82) is 0 Å². The number of aromatic nitrogens is 4. The molecule has 0 unspecified atom stereocenters. The van der Waals surface area contributed by atoms with Crippen LogP contribution < -0.4 is 17.0 Å². The zero-order chi connectivity index (χ0) is 13.8. The first-order valence-electron chi connectivity index (χ1n) is 5.33. The maximum atomic E-state index is 11.0. The van der Waals surface area contributed by atoms with Crippen molar-refractivity contribution in [1.82, 2.24) is 19.7 Å². The fourth-order valence-electron chi connectivity index (χ4n) is 1.45. The van der Waals surface area contributed by atoms with Gasteiger partial charge in [0.1, 0.15) is 18.1 Å². The molecular weight excluding hydrogens is 250 g/mol. The number of rotatable bonds is 5. The van der Waals surface area contributed by atoms with E-state index in [2.05, 4.69) is 20.5 Å². The highest BCUT2D eigenvalue weighted by Crippen LogP contribution is 2.11. The number of ether oxygens (including phenoxy) is 1. The lowest BCUT2D eigenvalue weighted by Gasteiger charge is -2.06. The summed E-state index contributed by atoms with van der Waals surface area (Å²) in [7, 11) is 1.53. The predicted molar refractivity (Wildman–Crippen MR) is 66.2 cm³/mol. The molecule has 0 saturated heterocycles. The topological polar surface area (TPSA) is 134 Å². The first-order chi connectivity index (χ1) is 9.13. The number of amides is 1. The maximum absolute atomic E-state index is 11.0. The molecule has 2 aromatic rings. The highest BCUT2D eigenvalue weighted by Gasteiger charge is 2.09. The molecule has 0 aliphatic rings. The maximum Gasteiger partial charge on any atom is 0.269 e. The molecule has 0 bridgehead atoms. The van der Waals surface area contributed by atoms with Crippen molar-refractivity contribution in [2.24, 2.45) is 11.6 Å². The van der Waals surface area contributed by atoms with Crippen molar-refractivity contribution in [3.63, 3.8) is 0 Å². The largest absolute Gasteiger partial charge is 0.377 e. The molecule has 0 saturated carbocycles. The molecule has 5 N–H and O–H groups in total. The lowest BCUT2D eigenvalue weighted by Crippen LogP contribution is -2.14. The Morgan fingerprint density at radius 1 is 1.53 bits per heavy atom. The molecule has 9 heteroatoms. The van der Waals surface area contributed by atoms with Gasteiger partial charge >= 0.3 is 0 Å². The van der Waals surface area contributed by atoms with Gasteiger partial charge in [-0.2, -0.15) is 5.10 Å². The summed E-state index contributed by atoms with van der Waals surface area (Å²) in [6.07, 6.45) is 1.57. The smallest absolute Gasteiger partial charge is 0.269 e. The highest BCUT2D eigenvalue weighted by atomic mass is 16.5. The monoisotopic (exact) mass is 263 g/mol. The van der Waals surface area contributed by atoms with Gasteiger partial charge in [0.25, 0.3) is 5.91 Å². The highest BCUT2D eigenvalue weighted by molar-refractivity contribution is 5.90. The van der Waals surface area contributed by atoms with Crippen molar-refractivity contribution >= 4 is 11.7 Å². The quantitative estimate of drug-likeness (QED) is 0.474. The van der Waals surface area contributed by atoms with Gasteiger partial charge in [0.15, 0.2) is 11.6 Å². The van der Waals surface area contributed by atoms with Gasteiger partial charge in [0.2, 0.25) is 0 Å². The Morgan fingerprint density at radius 3 is 2.89 bits per heavy atom. The minimum atomic E-state index is -0.609. The van der Waals surface area contributed by atoms with E-state index in [9.17, 15) is 4.79 Å². The molecule has 19 heavy (non-hydrogen) atoms. The molecular formula is C10H13N7O2. The summed E-state index contributed by atoms with van der Waals surface area (Å²) in [5.74, 6) is 6.01. The summed E-state index contributed by atoms with van der Waals surface area (Å²) < 4.78 is 6.37. The van der Waals surface area contributed by atoms with E-state index in [-0.39, 0.29) is 12.3 Å². The van der Waals surface area contributed by atoms with Crippen molar-refractivity contribution in [2.75, 3.05) is 12.5 Å². The number of carbonyl (C=O) groups is 1. The van der Waals surface area contributed by atoms with Crippen molar-refractivity contribution in [2.45, 2.75) is 6.61 Å². The number of hydrazine groups is 1. The number of nitrogens with two attached hydrogens (primary N) is 2. The molecule has 0 spiro atoms. The second-order valence-corrected chi connectivity index (χ2v) is 3.61. The summed E-state index contributed by atoms with van der Waals surface area (Å²) in [6, 6.07) is 3.08. The van der Waals surface area contributed by atoms with E-state index in [4.69, 9.17) is 16.3 Å². The predicted octanol–water partition coefficient (Wildman–Crippen LogP) is -0.807. The molecule has 0 aliphatic carbocycles. The number of nitrogen functional groups attached to an aromatic ring is 1.